The summed E-state index contributed by atoms with van der Waals surface area (Å²) < 4.78 is 16.1. The summed E-state index contributed by atoms with van der Waals surface area (Å²) in [7, 11) is 1.42. The number of amides is 3. The summed E-state index contributed by atoms with van der Waals surface area (Å²) in [4.78, 5) is 36.7. The van der Waals surface area contributed by atoms with Crippen LogP contribution in [0.3, 0.4) is 0 Å². The Balaban J connectivity index is 1.70. The zero-order valence-corrected chi connectivity index (χ0v) is 20.5. The maximum absolute atomic E-state index is 12.5. The monoisotopic (exact) mass is 516 g/mol. The van der Waals surface area contributed by atoms with Crippen molar-refractivity contribution in [3.05, 3.63) is 63.8 Å². The first kappa shape index (κ1) is 26.4. The molecule has 1 atom stereocenters. The van der Waals surface area contributed by atoms with Gasteiger partial charge in [-0.25, -0.2) is 15.0 Å². The van der Waals surface area contributed by atoms with Gasteiger partial charge in [0.15, 0.2) is 18.1 Å². The highest BCUT2D eigenvalue weighted by Gasteiger charge is 2.32. The van der Waals surface area contributed by atoms with Crippen LogP contribution in [0.5, 0.6) is 17.2 Å². The molecular weight excluding hydrogens is 492 g/mol. The van der Waals surface area contributed by atoms with Gasteiger partial charge in [-0.2, -0.15) is 5.10 Å². The summed E-state index contributed by atoms with van der Waals surface area (Å²) >= 11 is 5.88. The quantitative estimate of drug-likeness (QED) is 0.227. The summed E-state index contributed by atoms with van der Waals surface area (Å²) in [5.74, 6) is -0.629. The fraction of sp³-hybridized carbons (Fsp3) is 0.250. The normalized spacial score (nSPS) is 15.2. The number of nitrogens with one attached hydrogen (secondary N) is 3. The number of phenols is 1. The van der Waals surface area contributed by atoms with Crippen LogP contribution in [0.2, 0.25) is 5.02 Å². The van der Waals surface area contributed by atoms with E-state index >= 15 is 0 Å². The first-order chi connectivity index (χ1) is 17.2. The van der Waals surface area contributed by atoms with Gasteiger partial charge >= 0.3 is 12.0 Å². The van der Waals surface area contributed by atoms with E-state index in [0.717, 1.165) is 0 Å². The lowest BCUT2D eigenvalue weighted by Gasteiger charge is -2.28. The average Bonchev–Trinajstić information content (AvgIpc) is 2.84. The molecule has 4 N–H and O–H groups in total. The smallest absolute Gasteiger partial charge is 0.338 e. The Bertz CT molecular complexity index is 1230. The molecular formula is C24H25ClN4O7. The molecule has 36 heavy (non-hydrogen) atoms. The number of halogens is 1. The predicted molar refractivity (Wildman–Crippen MR) is 131 cm³/mol. The number of carbonyl (C=O) groups is 3. The molecule has 0 unspecified atom stereocenters. The highest BCUT2D eigenvalue weighted by molar-refractivity contribution is 6.30. The molecule has 12 heteroatoms. The Kier molecular flexibility index (Phi) is 8.74. The Hall–Kier alpha value is -4.25. The minimum absolute atomic E-state index is 0.0421. The number of phenolic OH excluding ortho intramolecular Hbond substituents is 1. The highest BCUT2D eigenvalue weighted by atomic mass is 35.5. The lowest BCUT2D eigenvalue weighted by Crippen LogP contribution is -2.45. The molecule has 3 rings (SSSR count). The SMILES string of the molecule is CCOC(=O)C1=C(C)NC(=O)N[C@H]1c1ccc(OCC(=O)N/N=C\c2cc(Cl)ccc2O)c(OC)c1. The summed E-state index contributed by atoms with van der Waals surface area (Å²) in [5, 5.41) is 19.2. The molecule has 0 saturated heterocycles. The molecule has 2 aromatic rings. The van der Waals surface area contributed by atoms with Crippen molar-refractivity contribution in [2.45, 2.75) is 19.9 Å². The molecule has 0 fully saturated rings. The number of urea groups is 1. The van der Waals surface area contributed by atoms with Gasteiger partial charge in [0.1, 0.15) is 5.75 Å². The summed E-state index contributed by atoms with van der Waals surface area (Å²) in [6, 6.07) is 7.97. The second-order valence-corrected chi connectivity index (χ2v) is 7.92. The molecule has 3 amide bonds. The Morgan fingerprint density at radius 1 is 1.22 bits per heavy atom. The maximum atomic E-state index is 12.5. The summed E-state index contributed by atoms with van der Waals surface area (Å²) in [6.07, 6.45) is 1.25. The lowest BCUT2D eigenvalue weighted by atomic mass is 9.95. The summed E-state index contributed by atoms with van der Waals surface area (Å²) in [5.41, 5.74) is 3.80. The van der Waals surface area contributed by atoms with Gasteiger partial charge in [-0.1, -0.05) is 17.7 Å². The Morgan fingerprint density at radius 3 is 2.72 bits per heavy atom. The topological polar surface area (TPSA) is 148 Å². The van der Waals surface area contributed by atoms with Crippen LogP contribution in [0.15, 0.2) is 52.8 Å². The van der Waals surface area contributed by atoms with Crippen LogP contribution in [0.4, 0.5) is 4.79 Å². The number of aromatic hydroxyl groups is 1. The first-order valence-electron chi connectivity index (χ1n) is 10.8. The van der Waals surface area contributed by atoms with Crippen LogP contribution >= 0.6 is 11.6 Å². The number of hydrogen-bond acceptors (Lipinski definition) is 8. The average molecular weight is 517 g/mol. The molecule has 1 aliphatic heterocycles. The number of carbonyl (C=O) groups excluding carboxylic acids is 3. The molecule has 0 radical (unpaired) electrons. The van der Waals surface area contributed by atoms with Crippen molar-refractivity contribution in [2.75, 3.05) is 20.3 Å². The van der Waals surface area contributed by atoms with E-state index in [1.807, 2.05) is 0 Å². The van der Waals surface area contributed by atoms with Crippen LogP contribution in [0.1, 0.15) is 31.0 Å². The van der Waals surface area contributed by atoms with Gasteiger partial charge < -0.3 is 30.0 Å². The lowest BCUT2D eigenvalue weighted by molar-refractivity contribution is -0.139. The molecule has 0 saturated carbocycles. The van der Waals surface area contributed by atoms with E-state index in [4.69, 9.17) is 25.8 Å². The van der Waals surface area contributed by atoms with Crippen molar-refractivity contribution < 1.29 is 33.7 Å². The van der Waals surface area contributed by atoms with E-state index in [9.17, 15) is 19.5 Å². The van der Waals surface area contributed by atoms with E-state index in [2.05, 4.69) is 21.2 Å². The van der Waals surface area contributed by atoms with Crippen LogP contribution in [0.25, 0.3) is 0 Å². The van der Waals surface area contributed by atoms with Gasteiger partial charge in [0.25, 0.3) is 5.91 Å². The summed E-state index contributed by atoms with van der Waals surface area (Å²) in [6.45, 7) is 3.10. The molecule has 2 aromatic carbocycles. The molecule has 190 valence electrons. The van der Waals surface area contributed by atoms with Crippen molar-refractivity contribution >= 4 is 35.7 Å². The maximum Gasteiger partial charge on any atom is 0.338 e. The van der Waals surface area contributed by atoms with Gasteiger partial charge in [-0.3, -0.25) is 4.79 Å². The van der Waals surface area contributed by atoms with E-state index in [1.54, 1.807) is 32.0 Å². The molecule has 0 spiro atoms. The van der Waals surface area contributed by atoms with Crippen molar-refractivity contribution in [1.29, 1.82) is 0 Å². The second-order valence-electron chi connectivity index (χ2n) is 7.49. The van der Waals surface area contributed by atoms with Crippen LogP contribution in [0, 0.1) is 0 Å². The number of benzene rings is 2. The molecule has 0 aromatic heterocycles. The highest BCUT2D eigenvalue weighted by Crippen LogP contribution is 2.34. The minimum atomic E-state index is -0.777. The number of hydrazone groups is 1. The van der Waals surface area contributed by atoms with Crippen molar-refractivity contribution in [2.24, 2.45) is 5.10 Å². The molecule has 0 bridgehead atoms. The van der Waals surface area contributed by atoms with Gasteiger partial charge in [0, 0.05) is 16.3 Å². The fourth-order valence-corrected chi connectivity index (χ4v) is 3.56. The van der Waals surface area contributed by atoms with Crippen LogP contribution in [-0.2, 0) is 14.3 Å². The zero-order chi connectivity index (χ0) is 26.2. The standard InChI is InChI=1S/C24H25ClN4O7/c1-4-35-23(32)21-13(2)27-24(33)28-22(21)14-5-8-18(19(10-14)34-3)36-12-20(31)29-26-11-15-9-16(25)6-7-17(15)30/h5-11,22,30H,4,12H2,1-3H3,(H,29,31)(H2,27,28,33)/b26-11-/t22-/m0/s1. The predicted octanol–water partition coefficient (Wildman–Crippen LogP) is 2.77. The second kappa shape index (κ2) is 11.9. The van der Waals surface area contributed by atoms with Crippen LogP contribution < -0.4 is 25.5 Å². The van der Waals surface area contributed by atoms with Crippen molar-refractivity contribution in [1.82, 2.24) is 16.1 Å². The number of allylic oxidation sites excluding steroid dienone is 1. The van der Waals surface area contributed by atoms with Gasteiger partial charge in [-0.05, 0) is 49.7 Å². The molecule has 11 nitrogen and oxygen atoms in total. The van der Waals surface area contributed by atoms with Gasteiger partial charge in [-0.15, -0.1) is 0 Å². The largest absolute Gasteiger partial charge is 0.507 e. The van der Waals surface area contributed by atoms with Crippen molar-refractivity contribution in [3.63, 3.8) is 0 Å². The molecule has 1 aliphatic rings. The van der Waals surface area contributed by atoms with E-state index < -0.39 is 23.9 Å². The number of ether oxygens (including phenoxy) is 3. The van der Waals surface area contributed by atoms with Gasteiger partial charge in [0.2, 0.25) is 0 Å². The Morgan fingerprint density at radius 2 is 2.00 bits per heavy atom. The van der Waals surface area contributed by atoms with E-state index in [1.165, 1.54) is 31.5 Å². The zero-order valence-electron chi connectivity index (χ0n) is 19.8. The van der Waals surface area contributed by atoms with E-state index in [-0.39, 0.29) is 36.0 Å². The van der Waals surface area contributed by atoms with Crippen molar-refractivity contribution in [3.8, 4) is 17.2 Å². The fourth-order valence-electron chi connectivity index (χ4n) is 3.38. The number of rotatable bonds is 9. The van der Waals surface area contributed by atoms with Gasteiger partial charge in [0.05, 0.1) is 31.5 Å². The first-order valence-corrected chi connectivity index (χ1v) is 11.2. The number of hydrogen-bond donors (Lipinski definition) is 4. The minimum Gasteiger partial charge on any atom is -0.507 e. The third kappa shape index (κ3) is 6.45. The third-order valence-corrected chi connectivity index (χ3v) is 5.26. The molecule has 0 aliphatic carbocycles. The Labute approximate surface area is 212 Å². The third-order valence-electron chi connectivity index (χ3n) is 5.03. The number of methoxy groups -OCH3 is 1. The number of nitrogens with zero attached hydrogens (tertiary/aromatic N) is 1. The molecule has 1 heterocycles. The van der Waals surface area contributed by atoms with E-state index in [0.29, 0.717) is 21.8 Å². The van der Waals surface area contributed by atoms with Crippen LogP contribution in [-0.4, -0.2) is 49.6 Å². The number of esters is 1.